The van der Waals surface area contributed by atoms with Crippen LogP contribution in [0.25, 0.3) is 43.8 Å². The number of halogens is 6. The van der Waals surface area contributed by atoms with Crippen LogP contribution < -0.4 is 0 Å². The first-order valence-electron chi connectivity index (χ1n) is 11.3. The summed E-state index contributed by atoms with van der Waals surface area (Å²) in [5, 5.41) is 2.67. The Morgan fingerprint density at radius 1 is 0.444 bits per heavy atom. The zero-order valence-corrected chi connectivity index (χ0v) is 19.4. The van der Waals surface area contributed by atoms with E-state index in [1.54, 1.807) is 24.3 Å². The van der Waals surface area contributed by atoms with Gasteiger partial charge in [-0.1, -0.05) is 77.9 Å². The fourth-order valence-corrected chi connectivity index (χ4v) is 4.97. The molecular formula is C30H20F6. The van der Waals surface area contributed by atoms with Gasteiger partial charge in [0.15, 0.2) is 0 Å². The Morgan fingerprint density at radius 3 is 1.11 bits per heavy atom. The molecule has 0 atom stereocenters. The molecule has 0 bridgehead atoms. The maximum atomic E-state index is 13.7. The fraction of sp³-hybridized carbons (Fsp3) is 0.133. The van der Waals surface area contributed by atoms with E-state index in [1.807, 2.05) is 56.3 Å². The molecule has 5 rings (SSSR count). The predicted octanol–water partition coefficient (Wildman–Crippen LogP) is 9.98. The second-order valence-electron chi connectivity index (χ2n) is 9.01. The Kier molecular flexibility index (Phi) is 5.58. The van der Waals surface area contributed by atoms with Crippen molar-refractivity contribution in [3.63, 3.8) is 0 Å². The normalized spacial score (nSPS) is 12.4. The minimum absolute atomic E-state index is 0.128. The minimum atomic E-state index is -4.93. The van der Waals surface area contributed by atoms with Gasteiger partial charge in [0.25, 0.3) is 0 Å². The fourth-order valence-electron chi connectivity index (χ4n) is 4.97. The minimum Gasteiger partial charge on any atom is -0.166 e. The number of aryl methyl sites for hydroxylation is 2. The van der Waals surface area contributed by atoms with Crippen molar-refractivity contribution < 1.29 is 26.3 Å². The van der Waals surface area contributed by atoms with E-state index in [-0.39, 0.29) is 11.6 Å². The highest BCUT2D eigenvalue weighted by Gasteiger charge is 2.37. The molecule has 0 aromatic heterocycles. The third-order valence-electron chi connectivity index (χ3n) is 6.32. The third kappa shape index (κ3) is 4.21. The molecule has 0 aliphatic rings. The summed E-state index contributed by atoms with van der Waals surface area (Å²) in [6.45, 7) is 3.97. The summed E-state index contributed by atoms with van der Waals surface area (Å²) >= 11 is 0. The van der Waals surface area contributed by atoms with E-state index in [0.29, 0.717) is 16.3 Å². The van der Waals surface area contributed by atoms with Crippen molar-refractivity contribution >= 4 is 21.5 Å². The Balaban J connectivity index is 1.96. The van der Waals surface area contributed by atoms with Crippen LogP contribution in [0.2, 0.25) is 0 Å². The van der Waals surface area contributed by atoms with Gasteiger partial charge in [-0.3, -0.25) is 0 Å². The van der Waals surface area contributed by atoms with E-state index in [2.05, 4.69) is 0 Å². The molecule has 0 radical (unpaired) electrons. The Bertz CT molecular complexity index is 1510. The standard InChI is InChI=1S/C30H20F6/c1-17-11-18(2)13-19(12-17)27-23-7-3-5-9-25(23)28(26-10-6-4-8-24(26)27)20-14-21(29(31,32)33)16-22(15-20)30(34,35)36/h3-16H,1-2H3. The van der Waals surface area contributed by atoms with Crippen molar-refractivity contribution in [1.29, 1.82) is 0 Å². The highest BCUT2D eigenvalue weighted by atomic mass is 19.4. The van der Waals surface area contributed by atoms with Crippen molar-refractivity contribution in [2.75, 3.05) is 0 Å². The lowest BCUT2D eigenvalue weighted by Gasteiger charge is -2.20. The summed E-state index contributed by atoms with van der Waals surface area (Å²) in [6.07, 6.45) is -9.86. The second kappa shape index (κ2) is 8.40. The van der Waals surface area contributed by atoms with Gasteiger partial charge in [-0.05, 0) is 75.8 Å². The van der Waals surface area contributed by atoms with Crippen molar-refractivity contribution in [3.8, 4) is 22.3 Å². The molecule has 36 heavy (non-hydrogen) atoms. The van der Waals surface area contributed by atoms with E-state index < -0.39 is 23.5 Å². The van der Waals surface area contributed by atoms with Crippen LogP contribution in [0, 0.1) is 13.8 Å². The highest BCUT2D eigenvalue weighted by Crippen LogP contribution is 2.46. The lowest BCUT2D eigenvalue weighted by atomic mass is 9.84. The van der Waals surface area contributed by atoms with E-state index in [0.717, 1.165) is 45.2 Å². The lowest BCUT2D eigenvalue weighted by molar-refractivity contribution is -0.143. The summed E-state index contributed by atoms with van der Waals surface area (Å²) in [7, 11) is 0. The average molecular weight is 494 g/mol. The van der Waals surface area contributed by atoms with Crippen molar-refractivity contribution in [2.45, 2.75) is 26.2 Å². The summed E-state index contributed by atoms with van der Waals surface area (Å²) in [5.41, 5.74) is 1.47. The van der Waals surface area contributed by atoms with E-state index in [4.69, 9.17) is 0 Å². The highest BCUT2D eigenvalue weighted by molar-refractivity contribution is 6.21. The molecule has 0 nitrogen and oxygen atoms in total. The Hall–Kier alpha value is -3.80. The van der Waals surface area contributed by atoms with Crippen molar-refractivity contribution in [3.05, 3.63) is 107 Å². The maximum absolute atomic E-state index is 13.7. The van der Waals surface area contributed by atoms with E-state index >= 15 is 0 Å². The largest absolute Gasteiger partial charge is 0.416 e. The van der Waals surface area contributed by atoms with Gasteiger partial charge in [0, 0.05) is 0 Å². The monoisotopic (exact) mass is 494 g/mol. The number of hydrogen-bond donors (Lipinski definition) is 0. The van der Waals surface area contributed by atoms with E-state index in [1.165, 1.54) is 0 Å². The summed E-state index contributed by atoms with van der Waals surface area (Å²) < 4.78 is 82.0. The van der Waals surface area contributed by atoms with Gasteiger partial charge in [-0.2, -0.15) is 26.3 Å². The predicted molar refractivity (Wildman–Crippen MR) is 132 cm³/mol. The van der Waals surface area contributed by atoms with Crippen LogP contribution in [0.4, 0.5) is 26.3 Å². The Morgan fingerprint density at radius 2 is 0.778 bits per heavy atom. The number of rotatable bonds is 2. The van der Waals surface area contributed by atoms with Crippen molar-refractivity contribution in [2.24, 2.45) is 0 Å². The van der Waals surface area contributed by atoms with Gasteiger partial charge in [-0.15, -0.1) is 0 Å². The Labute approximate surface area is 203 Å². The van der Waals surface area contributed by atoms with Gasteiger partial charge in [-0.25, -0.2) is 0 Å². The molecule has 5 aromatic rings. The number of fused-ring (bicyclic) bond motifs is 2. The topological polar surface area (TPSA) is 0 Å². The molecule has 0 aliphatic carbocycles. The van der Waals surface area contributed by atoms with Gasteiger partial charge in [0.1, 0.15) is 0 Å². The summed E-state index contributed by atoms with van der Waals surface area (Å²) in [5.74, 6) is 0. The zero-order valence-electron chi connectivity index (χ0n) is 19.4. The molecule has 0 spiro atoms. The van der Waals surface area contributed by atoms with Crippen LogP contribution >= 0.6 is 0 Å². The van der Waals surface area contributed by atoms with Gasteiger partial charge >= 0.3 is 12.4 Å². The van der Waals surface area contributed by atoms with Crippen LogP contribution in [0.3, 0.4) is 0 Å². The van der Waals surface area contributed by atoms with Gasteiger partial charge in [0.05, 0.1) is 11.1 Å². The molecule has 0 saturated heterocycles. The first-order valence-corrected chi connectivity index (χ1v) is 11.3. The quantitative estimate of drug-likeness (QED) is 0.169. The average Bonchev–Trinajstić information content (AvgIpc) is 2.80. The van der Waals surface area contributed by atoms with Crippen molar-refractivity contribution in [1.82, 2.24) is 0 Å². The molecular weight excluding hydrogens is 474 g/mol. The first kappa shape index (κ1) is 23.9. The zero-order chi connectivity index (χ0) is 25.8. The van der Waals surface area contributed by atoms with Crippen LogP contribution in [0.15, 0.2) is 84.9 Å². The molecule has 0 aliphatic heterocycles. The second-order valence-corrected chi connectivity index (χ2v) is 9.01. The SMILES string of the molecule is Cc1cc(C)cc(-c2c3ccccc3c(-c3cc(C(F)(F)F)cc(C(F)(F)F)c3)c3ccccc23)c1. The van der Waals surface area contributed by atoms with Crippen LogP contribution in [0.5, 0.6) is 0 Å². The van der Waals surface area contributed by atoms with Crippen LogP contribution in [0.1, 0.15) is 22.3 Å². The number of hydrogen-bond acceptors (Lipinski definition) is 0. The molecule has 0 unspecified atom stereocenters. The molecule has 0 fully saturated rings. The number of alkyl halides is 6. The van der Waals surface area contributed by atoms with Crippen LogP contribution in [-0.4, -0.2) is 0 Å². The molecule has 6 heteroatoms. The van der Waals surface area contributed by atoms with E-state index in [9.17, 15) is 26.3 Å². The molecule has 0 saturated carbocycles. The van der Waals surface area contributed by atoms with Gasteiger partial charge in [0.2, 0.25) is 0 Å². The summed E-state index contributed by atoms with van der Waals surface area (Å²) in [6, 6.07) is 22.2. The van der Waals surface area contributed by atoms with Gasteiger partial charge < -0.3 is 0 Å². The molecule has 0 amide bonds. The third-order valence-corrected chi connectivity index (χ3v) is 6.32. The molecule has 5 aromatic carbocycles. The van der Waals surface area contributed by atoms with Crippen LogP contribution in [-0.2, 0) is 12.4 Å². The first-order chi connectivity index (χ1) is 16.9. The maximum Gasteiger partial charge on any atom is 0.416 e. The molecule has 0 heterocycles. The number of benzene rings is 5. The summed E-state index contributed by atoms with van der Waals surface area (Å²) in [4.78, 5) is 0. The lowest BCUT2D eigenvalue weighted by Crippen LogP contribution is -2.11. The molecule has 182 valence electrons. The smallest absolute Gasteiger partial charge is 0.166 e. The molecule has 0 N–H and O–H groups in total.